The molecule has 104 valence electrons. The molecule has 1 heterocycles. The van der Waals surface area contributed by atoms with Gasteiger partial charge in [0, 0.05) is 20.0 Å². The van der Waals surface area contributed by atoms with Crippen LogP contribution >= 0.6 is 0 Å². The summed E-state index contributed by atoms with van der Waals surface area (Å²) < 4.78 is 4.95. The van der Waals surface area contributed by atoms with Gasteiger partial charge in [-0.2, -0.15) is 0 Å². The van der Waals surface area contributed by atoms with Crippen molar-refractivity contribution in [3.63, 3.8) is 0 Å². The number of nitrogens with one attached hydrogen (secondary N) is 2. The normalized spacial score (nSPS) is 11.8. The molecule has 3 N–H and O–H groups in total. The van der Waals surface area contributed by atoms with E-state index in [0.717, 1.165) is 0 Å². The van der Waals surface area contributed by atoms with Gasteiger partial charge in [0.1, 0.15) is 0 Å². The first kappa shape index (κ1) is 14.9. The fraction of sp³-hybridized carbons (Fsp3) is 0.417. The van der Waals surface area contributed by atoms with Gasteiger partial charge in [-0.3, -0.25) is 14.4 Å². The topological polar surface area (TPSA) is 109 Å². The highest BCUT2D eigenvalue weighted by Gasteiger charge is 2.24. The second-order valence-corrected chi connectivity index (χ2v) is 3.93. The number of carboxylic acids is 1. The number of carbonyl (C=O) groups is 3. The number of aliphatic carboxylic acids is 1. The van der Waals surface area contributed by atoms with Crippen LogP contribution in [0.4, 0.5) is 0 Å². The van der Waals surface area contributed by atoms with E-state index in [1.54, 1.807) is 6.07 Å². The van der Waals surface area contributed by atoms with Crippen LogP contribution in [0.15, 0.2) is 22.8 Å². The van der Waals surface area contributed by atoms with Crippen molar-refractivity contribution in [3.05, 3.63) is 24.2 Å². The lowest BCUT2D eigenvalue weighted by Crippen LogP contribution is -2.42. The lowest BCUT2D eigenvalue weighted by molar-refractivity contribution is -0.137. The van der Waals surface area contributed by atoms with Crippen molar-refractivity contribution in [2.45, 2.75) is 19.4 Å². The number of ketones is 1. The van der Waals surface area contributed by atoms with Crippen LogP contribution in [0.1, 0.15) is 23.9 Å². The van der Waals surface area contributed by atoms with E-state index in [2.05, 4.69) is 10.6 Å². The third kappa shape index (κ3) is 5.35. The number of Topliss-reactive ketones (excluding diaryl/α,β-unsaturated/α-hetero) is 1. The largest absolute Gasteiger partial charge is 0.481 e. The zero-order valence-electron chi connectivity index (χ0n) is 10.5. The Kier molecular flexibility index (Phi) is 5.74. The number of carbonyl (C=O) groups excluding carboxylic acids is 2. The van der Waals surface area contributed by atoms with Gasteiger partial charge < -0.3 is 20.2 Å². The van der Waals surface area contributed by atoms with Crippen molar-refractivity contribution in [1.82, 2.24) is 10.6 Å². The Bertz CT molecular complexity index is 441. The molecule has 7 nitrogen and oxygen atoms in total. The molecule has 0 aliphatic carbocycles. The van der Waals surface area contributed by atoms with E-state index in [9.17, 15) is 14.4 Å². The zero-order chi connectivity index (χ0) is 14.3. The van der Waals surface area contributed by atoms with E-state index in [4.69, 9.17) is 9.52 Å². The molecule has 0 bridgehead atoms. The van der Waals surface area contributed by atoms with Gasteiger partial charge in [-0.15, -0.1) is 0 Å². The van der Waals surface area contributed by atoms with Gasteiger partial charge in [0.15, 0.2) is 5.76 Å². The number of rotatable bonds is 8. The summed E-state index contributed by atoms with van der Waals surface area (Å²) in [4.78, 5) is 33.4. The molecule has 0 fully saturated rings. The third-order valence-electron chi connectivity index (χ3n) is 2.35. The minimum atomic E-state index is -1.09. The fourth-order valence-corrected chi connectivity index (χ4v) is 1.51. The summed E-state index contributed by atoms with van der Waals surface area (Å²) >= 11 is 0. The minimum absolute atomic E-state index is 0.110. The molecular formula is C12H16N2O5. The van der Waals surface area contributed by atoms with Crippen molar-refractivity contribution in [3.8, 4) is 0 Å². The molecular weight excluding hydrogens is 252 g/mol. The predicted octanol–water partition coefficient (Wildman–Crippen LogP) is 0.0313. The van der Waals surface area contributed by atoms with Crippen molar-refractivity contribution in [2.75, 3.05) is 13.1 Å². The highest BCUT2D eigenvalue weighted by Crippen LogP contribution is 2.07. The van der Waals surface area contributed by atoms with Crippen molar-refractivity contribution >= 4 is 17.7 Å². The van der Waals surface area contributed by atoms with Crippen LogP contribution in [-0.2, 0) is 9.59 Å². The van der Waals surface area contributed by atoms with Crippen LogP contribution in [0.25, 0.3) is 0 Å². The predicted molar refractivity (Wildman–Crippen MR) is 65.8 cm³/mol. The maximum atomic E-state index is 12.0. The molecule has 1 rings (SSSR count). The molecule has 0 spiro atoms. The Balaban J connectivity index is 2.54. The van der Waals surface area contributed by atoms with E-state index in [1.807, 2.05) is 0 Å². The molecule has 1 atom stereocenters. The van der Waals surface area contributed by atoms with Gasteiger partial charge >= 0.3 is 5.97 Å². The lowest BCUT2D eigenvalue weighted by atomic mass is 10.1. The zero-order valence-corrected chi connectivity index (χ0v) is 10.5. The summed E-state index contributed by atoms with van der Waals surface area (Å²) in [5, 5.41) is 14.1. The summed E-state index contributed by atoms with van der Waals surface area (Å²) in [5.41, 5.74) is 0. The van der Waals surface area contributed by atoms with Gasteiger partial charge in [-0.05, 0) is 12.1 Å². The Morgan fingerprint density at radius 2 is 2.11 bits per heavy atom. The standard InChI is InChI=1S/C12H16N2O5/c1-8(15)13-4-5-14-9(7-11(16)17)12(18)10-3-2-6-19-10/h2-3,6,9,14H,4-5,7H2,1H3,(H,13,15)(H,16,17). The molecule has 1 aromatic rings. The Hall–Kier alpha value is -2.15. The van der Waals surface area contributed by atoms with Gasteiger partial charge in [0.25, 0.3) is 0 Å². The first-order chi connectivity index (χ1) is 9.00. The molecule has 0 saturated carbocycles. The maximum absolute atomic E-state index is 12.0. The average Bonchev–Trinajstić information content (AvgIpc) is 2.85. The average molecular weight is 268 g/mol. The highest BCUT2D eigenvalue weighted by molar-refractivity contribution is 5.99. The van der Waals surface area contributed by atoms with E-state index < -0.39 is 17.8 Å². The van der Waals surface area contributed by atoms with Crippen molar-refractivity contribution in [1.29, 1.82) is 0 Å². The summed E-state index contributed by atoms with van der Waals surface area (Å²) in [6, 6.07) is 2.16. The van der Waals surface area contributed by atoms with E-state index in [-0.39, 0.29) is 18.1 Å². The van der Waals surface area contributed by atoms with Crippen LogP contribution in [0.5, 0.6) is 0 Å². The van der Waals surface area contributed by atoms with E-state index in [0.29, 0.717) is 13.1 Å². The molecule has 0 aliphatic heterocycles. The van der Waals surface area contributed by atoms with Crippen molar-refractivity contribution in [2.24, 2.45) is 0 Å². The summed E-state index contributed by atoms with van der Waals surface area (Å²) in [6.45, 7) is 1.99. The van der Waals surface area contributed by atoms with Crippen LogP contribution in [-0.4, -0.2) is 41.9 Å². The van der Waals surface area contributed by atoms with E-state index in [1.165, 1.54) is 19.3 Å². The summed E-state index contributed by atoms with van der Waals surface area (Å²) in [5.74, 6) is -1.58. The molecule has 1 amide bonds. The molecule has 0 aliphatic rings. The molecule has 1 unspecified atom stereocenters. The monoisotopic (exact) mass is 268 g/mol. The molecule has 0 saturated heterocycles. The smallest absolute Gasteiger partial charge is 0.305 e. The van der Waals surface area contributed by atoms with E-state index >= 15 is 0 Å². The summed E-state index contributed by atoms with van der Waals surface area (Å²) in [7, 11) is 0. The first-order valence-corrected chi connectivity index (χ1v) is 5.78. The Labute approximate surface area is 110 Å². The third-order valence-corrected chi connectivity index (χ3v) is 2.35. The van der Waals surface area contributed by atoms with Crippen LogP contribution < -0.4 is 10.6 Å². The number of hydrogen-bond acceptors (Lipinski definition) is 5. The maximum Gasteiger partial charge on any atom is 0.305 e. The van der Waals surface area contributed by atoms with Gasteiger partial charge in [-0.1, -0.05) is 0 Å². The number of carboxylic acid groups (broad SMARTS) is 1. The van der Waals surface area contributed by atoms with Crippen LogP contribution in [0.3, 0.4) is 0 Å². The van der Waals surface area contributed by atoms with Crippen LogP contribution in [0, 0.1) is 0 Å². The van der Waals surface area contributed by atoms with Gasteiger partial charge in [0.2, 0.25) is 11.7 Å². The Morgan fingerprint density at radius 1 is 1.37 bits per heavy atom. The number of furan rings is 1. The molecule has 0 aromatic carbocycles. The number of hydrogen-bond donors (Lipinski definition) is 3. The van der Waals surface area contributed by atoms with Crippen molar-refractivity contribution < 1.29 is 23.9 Å². The molecule has 1 aromatic heterocycles. The molecule has 7 heteroatoms. The quantitative estimate of drug-likeness (QED) is 0.453. The summed E-state index contributed by atoms with van der Waals surface area (Å²) in [6.07, 6.45) is 1.00. The minimum Gasteiger partial charge on any atom is -0.481 e. The van der Waals surface area contributed by atoms with Gasteiger partial charge in [0.05, 0.1) is 18.7 Å². The second-order valence-electron chi connectivity index (χ2n) is 3.93. The SMILES string of the molecule is CC(=O)NCCNC(CC(=O)O)C(=O)c1ccco1. The van der Waals surface area contributed by atoms with Crippen LogP contribution in [0.2, 0.25) is 0 Å². The molecule has 19 heavy (non-hydrogen) atoms. The lowest BCUT2D eigenvalue weighted by Gasteiger charge is -2.14. The van der Waals surface area contributed by atoms with Gasteiger partial charge in [-0.25, -0.2) is 0 Å². The number of amides is 1. The highest BCUT2D eigenvalue weighted by atomic mass is 16.4. The second kappa shape index (κ2) is 7.32. The first-order valence-electron chi connectivity index (χ1n) is 5.78. The molecule has 0 radical (unpaired) electrons. The Morgan fingerprint density at radius 3 is 2.63 bits per heavy atom. The fourth-order valence-electron chi connectivity index (χ4n) is 1.51.